The first-order valence-electron chi connectivity index (χ1n) is 16.0. The van der Waals surface area contributed by atoms with Gasteiger partial charge in [-0.15, -0.1) is 6.42 Å². The summed E-state index contributed by atoms with van der Waals surface area (Å²) < 4.78 is 0. The lowest BCUT2D eigenvalue weighted by molar-refractivity contribution is -0.198. The Hall–Kier alpha value is -1.74. The SMILES string of the molecule is C#CCNC(=O)C(CCC(C)(N)N)NC(=O)CCC(C)C1CCC2C3C(O)C(O)C4CC(O)CCC4(N)C3CCC12C. The number of aliphatic hydroxyl groups is 3. The quantitative estimate of drug-likeness (QED) is 0.135. The van der Waals surface area contributed by atoms with Crippen molar-refractivity contribution in [2.45, 2.75) is 127 Å². The fourth-order valence-electron chi connectivity index (χ4n) is 9.70. The number of carbonyl (C=O) groups is 2. The first kappa shape index (κ1) is 33.2. The molecule has 12 atom stereocenters. The molecule has 0 aromatic heterocycles. The van der Waals surface area contributed by atoms with E-state index in [1.807, 2.05) is 0 Å². The van der Waals surface area contributed by atoms with Crippen molar-refractivity contribution >= 4 is 11.8 Å². The highest BCUT2D eigenvalue weighted by Gasteiger charge is 2.65. The summed E-state index contributed by atoms with van der Waals surface area (Å²) in [4.78, 5) is 25.6. The Kier molecular flexibility index (Phi) is 10.0. The topological polar surface area (TPSA) is 197 Å². The van der Waals surface area contributed by atoms with Crippen molar-refractivity contribution in [1.29, 1.82) is 0 Å². The maximum absolute atomic E-state index is 13.0. The first-order chi connectivity index (χ1) is 19.6. The molecule has 238 valence electrons. The molecule has 0 bridgehead atoms. The van der Waals surface area contributed by atoms with Crippen LogP contribution in [0.4, 0.5) is 0 Å². The average Bonchev–Trinajstić information content (AvgIpc) is 3.28. The van der Waals surface area contributed by atoms with E-state index in [-0.39, 0.29) is 53.4 Å². The van der Waals surface area contributed by atoms with Crippen LogP contribution in [0, 0.1) is 53.3 Å². The van der Waals surface area contributed by atoms with Gasteiger partial charge in [0, 0.05) is 17.9 Å². The molecule has 10 nitrogen and oxygen atoms in total. The van der Waals surface area contributed by atoms with E-state index < -0.39 is 35.6 Å². The fraction of sp³-hybridized carbons (Fsp3) is 0.875. The van der Waals surface area contributed by atoms with Gasteiger partial charge in [0.1, 0.15) is 6.04 Å². The Morgan fingerprint density at radius 1 is 1.05 bits per heavy atom. The molecule has 0 aromatic rings. The van der Waals surface area contributed by atoms with E-state index >= 15 is 0 Å². The number of terminal acetylenes is 1. The van der Waals surface area contributed by atoms with Gasteiger partial charge in [0.15, 0.2) is 0 Å². The van der Waals surface area contributed by atoms with Crippen molar-refractivity contribution in [3.8, 4) is 12.3 Å². The van der Waals surface area contributed by atoms with Crippen molar-refractivity contribution in [3.05, 3.63) is 0 Å². The summed E-state index contributed by atoms with van der Waals surface area (Å²) in [5.41, 5.74) is 17.4. The highest BCUT2D eigenvalue weighted by atomic mass is 16.3. The summed E-state index contributed by atoms with van der Waals surface area (Å²) in [5, 5.41) is 38.5. The van der Waals surface area contributed by atoms with Gasteiger partial charge in [0.25, 0.3) is 0 Å². The van der Waals surface area contributed by atoms with E-state index in [2.05, 4.69) is 30.4 Å². The van der Waals surface area contributed by atoms with Crippen LogP contribution in [0.5, 0.6) is 0 Å². The lowest BCUT2D eigenvalue weighted by atomic mass is 9.45. The molecule has 0 saturated heterocycles. The van der Waals surface area contributed by atoms with Crippen LogP contribution in [0.15, 0.2) is 0 Å². The summed E-state index contributed by atoms with van der Waals surface area (Å²) in [6.45, 7) is 6.30. The maximum atomic E-state index is 13.0. The molecule has 4 saturated carbocycles. The van der Waals surface area contributed by atoms with Gasteiger partial charge in [-0.2, -0.15) is 0 Å². The molecule has 0 aromatic carbocycles. The van der Waals surface area contributed by atoms with E-state index in [9.17, 15) is 24.9 Å². The third-order valence-corrected chi connectivity index (χ3v) is 11.9. The van der Waals surface area contributed by atoms with Crippen LogP contribution in [0.25, 0.3) is 0 Å². The minimum atomic E-state index is -0.956. The van der Waals surface area contributed by atoms with Crippen molar-refractivity contribution in [3.63, 3.8) is 0 Å². The third-order valence-electron chi connectivity index (χ3n) is 11.9. The fourth-order valence-corrected chi connectivity index (χ4v) is 9.70. The van der Waals surface area contributed by atoms with Gasteiger partial charge in [-0.25, -0.2) is 0 Å². The minimum Gasteiger partial charge on any atom is -0.393 e. The number of hydrogen-bond acceptors (Lipinski definition) is 8. The number of amides is 2. The van der Waals surface area contributed by atoms with Crippen LogP contribution >= 0.6 is 0 Å². The standard InChI is InChI=1S/C32H55N5O5/c1-5-16-36-29(42)24(12-14-31(4,33)34)37-25(39)9-6-18(2)20-7-8-21-26-22(11-13-30(20,21)3)32(35)15-10-19(38)17-23(32)27(40)28(26)41/h1,18-24,26-28,38,40-41H,6-17,33-35H2,2-4H3,(H,36,42)(H,37,39). The molecular weight excluding hydrogens is 534 g/mol. The summed E-state index contributed by atoms with van der Waals surface area (Å²) in [6.07, 6.45) is 10.4. The van der Waals surface area contributed by atoms with E-state index in [4.69, 9.17) is 23.6 Å². The molecule has 10 heteroatoms. The molecule has 12 unspecified atom stereocenters. The van der Waals surface area contributed by atoms with Crippen LogP contribution in [-0.2, 0) is 9.59 Å². The highest BCUT2D eigenvalue weighted by molar-refractivity contribution is 5.87. The number of fused-ring (bicyclic) bond motifs is 5. The minimum absolute atomic E-state index is 0.0144. The second kappa shape index (κ2) is 12.7. The van der Waals surface area contributed by atoms with Gasteiger partial charge in [0.2, 0.25) is 11.8 Å². The Morgan fingerprint density at radius 3 is 2.43 bits per heavy atom. The molecule has 0 heterocycles. The zero-order valence-corrected chi connectivity index (χ0v) is 25.7. The Morgan fingerprint density at radius 2 is 1.76 bits per heavy atom. The Bertz CT molecular complexity index is 1030. The zero-order chi connectivity index (χ0) is 31.0. The molecule has 42 heavy (non-hydrogen) atoms. The Labute approximate surface area is 251 Å². The van der Waals surface area contributed by atoms with Crippen LogP contribution < -0.4 is 27.8 Å². The van der Waals surface area contributed by atoms with Crippen molar-refractivity contribution in [2.24, 2.45) is 58.1 Å². The molecule has 0 aliphatic heterocycles. The van der Waals surface area contributed by atoms with Crippen molar-refractivity contribution < 1.29 is 24.9 Å². The number of rotatable bonds is 10. The van der Waals surface area contributed by atoms with E-state index in [1.165, 1.54) is 0 Å². The van der Waals surface area contributed by atoms with Gasteiger partial charge in [-0.1, -0.05) is 19.8 Å². The van der Waals surface area contributed by atoms with Crippen LogP contribution in [-0.4, -0.2) is 69.2 Å². The molecule has 4 aliphatic carbocycles. The number of carbonyl (C=O) groups excluding carboxylic acids is 2. The summed E-state index contributed by atoms with van der Waals surface area (Å²) >= 11 is 0. The normalized spacial score (nSPS) is 41.0. The lowest BCUT2D eigenvalue weighted by Gasteiger charge is -2.63. The number of nitrogens with two attached hydrogens (primary N) is 3. The smallest absolute Gasteiger partial charge is 0.243 e. The summed E-state index contributed by atoms with van der Waals surface area (Å²) in [6, 6.07) is -0.760. The zero-order valence-electron chi connectivity index (χ0n) is 25.7. The lowest BCUT2D eigenvalue weighted by Crippen LogP contribution is -2.71. The second-order valence-corrected chi connectivity index (χ2v) is 14.7. The number of hydrogen-bond donors (Lipinski definition) is 8. The van der Waals surface area contributed by atoms with Crippen LogP contribution in [0.2, 0.25) is 0 Å². The summed E-state index contributed by atoms with van der Waals surface area (Å²) in [5.74, 6) is 2.53. The number of aliphatic hydroxyl groups excluding tert-OH is 3. The summed E-state index contributed by atoms with van der Waals surface area (Å²) in [7, 11) is 0. The van der Waals surface area contributed by atoms with Gasteiger partial charge in [0.05, 0.1) is 30.5 Å². The molecule has 4 fully saturated rings. The van der Waals surface area contributed by atoms with E-state index in [0.717, 1.165) is 25.7 Å². The molecule has 0 radical (unpaired) electrons. The van der Waals surface area contributed by atoms with Gasteiger partial charge in [-0.05, 0) is 106 Å². The van der Waals surface area contributed by atoms with Gasteiger partial charge < -0.3 is 43.2 Å². The second-order valence-electron chi connectivity index (χ2n) is 14.7. The molecule has 11 N–H and O–H groups in total. The Balaban J connectivity index is 1.39. The molecule has 4 aliphatic rings. The van der Waals surface area contributed by atoms with Crippen LogP contribution in [0.1, 0.15) is 91.4 Å². The maximum Gasteiger partial charge on any atom is 0.243 e. The highest BCUT2D eigenvalue weighted by Crippen LogP contribution is 2.66. The molecule has 0 spiro atoms. The van der Waals surface area contributed by atoms with Crippen LogP contribution in [0.3, 0.4) is 0 Å². The van der Waals surface area contributed by atoms with Crippen molar-refractivity contribution in [1.82, 2.24) is 10.6 Å². The van der Waals surface area contributed by atoms with E-state index in [0.29, 0.717) is 50.9 Å². The molecule has 2 amide bonds. The predicted octanol–water partition coefficient (Wildman–Crippen LogP) is 0.703. The third kappa shape index (κ3) is 6.52. The van der Waals surface area contributed by atoms with Gasteiger partial charge >= 0.3 is 0 Å². The van der Waals surface area contributed by atoms with Gasteiger partial charge in [-0.3, -0.25) is 9.59 Å². The van der Waals surface area contributed by atoms with Crippen molar-refractivity contribution in [2.75, 3.05) is 6.54 Å². The average molecular weight is 590 g/mol. The largest absolute Gasteiger partial charge is 0.393 e. The first-order valence-corrected chi connectivity index (χ1v) is 16.0. The number of nitrogens with one attached hydrogen (secondary N) is 2. The molecule has 4 rings (SSSR count). The predicted molar refractivity (Wildman–Crippen MR) is 161 cm³/mol. The molecular formula is C32H55N5O5. The monoisotopic (exact) mass is 589 g/mol. The van der Waals surface area contributed by atoms with E-state index in [1.54, 1.807) is 6.92 Å².